The van der Waals surface area contributed by atoms with Crippen molar-refractivity contribution < 1.29 is 34.8 Å². The number of fused-ring (bicyclic) bond motifs is 3. The minimum atomic E-state index is -2.64. The van der Waals surface area contributed by atoms with Crippen molar-refractivity contribution in [2.45, 2.75) is 24.5 Å². The topological polar surface area (TPSA) is 187 Å². The first-order valence-electron chi connectivity index (χ1n) is 9.68. The smallest absolute Gasteiger partial charge is 0.255 e. The molecule has 0 heterocycles. The third-order valence-corrected chi connectivity index (χ3v) is 6.63. The van der Waals surface area contributed by atoms with Gasteiger partial charge >= 0.3 is 0 Å². The number of benzene rings is 1. The number of nitrogen functional groups attached to an aromatic ring is 1. The maximum Gasteiger partial charge on any atom is 0.255 e. The van der Waals surface area contributed by atoms with Gasteiger partial charge in [0.15, 0.2) is 11.4 Å². The van der Waals surface area contributed by atoms with Crippen LogP contribution in [0.3, 0.4) is 0 Å². The number of aliphatic hydroxyl groups is 3. The van der Waals surface area contributed by atoms with Crippen LogP contribution >= 0.6 is 0 Å². The number of allylic oxidation sites excluding steroid dienone is 1. The summed E-state index contributed by atoms with van der Waals surface area (Å²) in [6.07, 6.45) is 0.291. The number of Topliss-reactive ketones (excluding diaryl/α,β-unsaturated/α-hetero) is 2. The average molecular weight is 429 g/mol. The average Bonchev–Trinajstić information content (AvgIpc) is 2.67. The fourth-order valence-corrected chi connectivity index (χ4v) is 5.24. The number of rotatable bonds is 2. The highest BCUT2D eigenvalue weighted by atomic mass is 16.3. The van der Waals surface area contributed by atoms with Crippen LogP contribution in [0.5, 0.6) is 5.75 Å². The molecular weight excluding hydrogens is 406 g/mol. The second kappa shape index (κ2) is 6.56. The molecule has 4 rings (SSSR count). The quantitative estimate of drug-likeness (QED) is 0.208. The molecule has 0 saturated carbocycles. The van der Waals surface area contributed by atoms with Crippen LogP contribution in [0.4, 0.5) is 5.69 Å². The van der Waals surface area contributed by atoms with Crippen molar-refractivity contribution in [1.82, 2.24) is 4.90 Å². The Kier molecular flexibility index (Phi) is 4.42. The van der Waals surface area contributed by atoms with Crippen molar-refractivity contribution in [3.8, 4) is 5.75 Å². The lowest BCUT2D eigenvalue weighted by molar-refractivity contribution is -0.148. The van der Waals surface area contributed by atoms with E-state index < -0.39 is 63.8 Å². The van der Waals surface area contributed by atoms with E-state index in [-0.39, 0.29) is 29.7 Å². The van der Waals surface area contributed by atoms with E-state index in [2.05, 4.69) is 0 Å². The number of aromatic hydroxyl groups is 1. The number of carbonyl (C=O) groups excluding carboxylic acids is 3. The van der Waals surface area contributed by atoms with Gasteiger partial charge in [-0.15, -0.1) is 0 Å². The number of aliphatic hydroxyl groups excluding tert-OH is 2. The lowest BCUT2D eigenvalue weighted by Crippen LogP contribution is -2.63. The molecule has 164 valence electrons. The highest BCUT2D eigenvalue weighted by molar-refractivity contribution is 6.24. The number of nitrogens with two attached hydrogens (primary N) is 2. The molecule has 31 heavy (non-hydrogen) atoms. The number of phenolic OH excluding ortho intramolecular Hbond substituents is 1. The monoisotopic (exact) mass is 429 g/mol. The van der Waals surface area contributed by atoms with Gasteiger partial charge in [-0.3, -0.25) is 19.3 Å². The molecular formula is C21H23N3O7. The zero-order chi connectivity index (χ0) is 23.0. The van der Waals surface area contributed by atoms with Crippen molar-refractivity contribution in [1.29, 1.82) is 0 Å². The molecule has 0 fully saturated rings. The highest BCUT2D eigenvalue weighted by Crippen LogP contribution is 2.52. The van der Waals surface area contributed by atoms with Crippen LogP contribution in [-0.2, 0) is 16.0 Å². The van der Waals surface area contributed by atoms with Crippen LogP contribution in [0, 0.1) is 11.8 Å². The molecule has 3 aliphatic rings. The van der Waals surface area contributed by atoms with Crippen molar-refractivity contribution in [2.24, 2.45) is 17.6 Å². The molecule has 4 atom stereocenters. The summed E-state index contributed by atoms with van der Waals surface area (Å²) in [6.45, 7) is 0. The van der Waals surface area contributed by atoms with Gasteiger partial charge in [-0.2, -0.15) is 0 Å². The number of hydrogen-bond donors (Lipinski definition) is 6. The molecule has 0 spiro atoms. The van der Waals surface area contributed by atoms with E-state index in [0.717, 1.165) is 0 Å². The molecule has 8 N–H and O–H groups in total. The summed E-state index contributed by atoms with van der Waals surface area (Å²) in [5, 5.41) is 43.5. The Bertz CT molecular complexity index is 1120. The Morgan fingerprint density at radius 3 is 2.42 bits per heavy atom. The third kappa shape index (κ3) is 2.55. The second-order valence-electron chi connectivity index (χ2n) is 8.50. The molecule has 3 aliphatic carbocycles. The van der Waals surface area contributed by atoms with Crippen LogP contribution in [0.1, 0.15) is 22.3 Å². The van der Waals surface area contributed by atoms with Crippen LogP contribution < -0.4 is 11.5 Å². The van der Waals surface area contributed by atoms with Crippen molar-refractivity contribution >= 4 is 23.2 Å². The first-order valence-corrected chi connectivity index (χ1v) is 9.68. The summed E-state index contributed by atoms with van der Waals surface area (Å²) in [6, 6.07) is 2.06. The van der Waals surface area contributed by atoms with Crippen LogP contribution in [0.2, 0.25) is 0 Å². The van der Waals surface area contributed by atoms with Gasteiger partial charge in [-0.1, -0.05) is 6.07 Å². The third-order valence-electron chi connectivity index (χ3n) is 6.63. The molecule has 0 aromatic heterocycles. The van der Waals surface area contributed by atoms with E-state index in [4.69, 9.17) is 11.5 Å². The van der Waals surface area contributed by atoms with Crippen molar-refractivity contribution in [3.63, 3.8) is 0 Å². The Morgan fingerprint density at radius 2 is 1.84 bits per heavy atom. The minimum Gasteiger partial charge on any atom is -0.510 e. The van der Waals surface area contributed by atoms with Gasteiger partial charge in [-0.05, 0) is 44.5 Å². The summed E-state index contributed by atoms with van der Waals surface area (Å²) in [4.78, 5) is 39.7. The predicted molar refractivity (Wildman–Crippen MR) is 108 cm³/mol. The van der Waals surface area contributed by atoms with Gasteiger partial charge in [0.25, 0.3) is 5.91 Å². The van der Waals surface area contributed by atoms with Gasteiger partial charge in [0.05, 0.1) is 17.3 Å². The fourth-order valence-electron chi connectivity index (χ4n) is 5.24. The number of carbonyl (C=O) groups is 3. The van der Waals surface area contributed by atoms with Gasteiger partial charge in [0, 0.05) is 11.5 Å². The molecule has 10 nitrogen and oxygen atoms in total. The number of amides is 1. The number of phenols is 1. The van der Waals surface area contributed by atoms with Crippen LogP contribution in [-0.4, -0.2) is 68.5 Å². The Labute approximate surface area is 177 Å². The fraction of sp³-hybridized carbons (Fsp3) is 0.381. The summed E-state index contributed by atoms with van der Waals surface area (Å²) in [5.41, 5.74) is 7.70. The molecule has 1 aromatic rings. The molecule has 0 bridgehead atoms. The SMILES string of the molecule is CN(C)C1C(O)=C(C(N)=O)C(=O)[C@@]2(O)C(O)=C3C(=O)c4c(ccc(N)c4O)C[C@H]3C[C@@H]12. The van der Waals surface area contributed by atoms with Crippen LogP contribution in [0.25, 0.3) is 0 Å². The summed E-state index contributed by atoms with van der Waals surface area (Å²) >= 11 is 0. The maximum atomic E-state index is 13.2. The van der Waals surface area contributed by atoms with Gasteiger partial charge in [-0.25, -0.2) is 0 Å². The van der Waals surface area contributed by atoms with E-state index in [0.29, 0.717) is 5.56 Å². The van der Waals surface area contributed by atoms with Crippen molar-refractivity contribution in [3.05, 3.63) is 45.9 Å². The largest absolute Gasteiger partial charge is 0.510 e. The summed E-state index contributed by atoms with van der Waals surface area (Å²) in [5.74, 6) is -6.84. The lowest BCUT2D eigenvalue weighted by Gasteiger charge is -2.50. The first kappa shape index (κ1) is 20.9. The summed E-state index contributed by atoms with van der Waals surface area (Å²) in [7, 11) is 3.16. The van der Waals surface area contributed by atoms with Gasteiger partial charge in [0.2, 0.25) is 5.78 Å². The lowest BCUT2D eigenvalue weighted by atomic mass is 9.58. The van der Waals surface area contributed by atoms with E-state index in [1.807, 2.05) is 0 Å². The van der Waals surface area contributed by atoms with E-state index >= 15 is 0 Å². The normalized spacial score (nSPS) is 30.3. The molecule has 1 amide bonds. The number of likely N-dealkylation sites (N-methyl/N-ethyl adjacent to an activating group) is 1. The van der Waals surface area contributed by atoms with Crippen molar-refractivity contribution in [2.75, 3.05) is 19.8 Å². The molecule has 0 aliphatic heterocycles. The summed E-state index contributed by atoms with van der Waals surface area (Å²) < 4.78 is 0. The maximum absolute atomic E-state index is 13.2. The highest BCUT2D eigenvalue weighted by Gasteiger charge is 2.63. The second-order valence-corrected chi connectivity index (χ2v) is 8.50. The number of primary amides is 1. The molecule has 1 unspecified atom stereocenters. The molecule has 0 saturated heterocycles. The molecule has 1 aromatic carbocycles. The van der Waals surface area contributed by atoms with Crippen LogP contribution in [0.15, 0.2) is 34.8 Å². The predicted octanol–water partition coefficient (Wildman–Crippen LogP) is -0.297. The van der Waals surface area contributed by atoms with E-state index in [1.54, 1.807) is 20.2 Å². The number of anilines is 1. The molecule has 10 heteroatoms. The van der Waals surface area contributed by atoms with Gasteiger partial charge in [0.1, 0.15) is 22.8 Å². The van der Waals surface area contributed by atoms with E-state index in [1.165, 1.54) is 11.0 Å². The number of nitrogens with zero attached hydrogens (tertiary/aromatic N) is 1. The zero-order valence-corrected chi connectivity index (χ0v) is 16.9. The zero-order valence-electron chi connectivity index (χ0n) is 16.9. The number of ketones is 2. The minimum absolute atomic E-state index is 0.0247. The standard InChI is InChI=1S/C21H23N3O7/c1-24(2)14-9-6-8-5-7-3-4-10(22)15(25)11(7)16(26)12(8)18(28)21(9,31)19(29)13(17(14)27)20(23)30/h3-4,8-9,14,25,27-28,31H,5-6,22H2,1-2H3,(H2,23,30)/t8-,9-,14?,21-/m0/s1. The Morgan fingerprint density at radius 1 is 1.19 bits per heavy atom. The Balaban J connectivity index is 1.97. The molecule has 0 radical (unpaired) electrons. The van der Waals surface area contributed by atoms with Gasteiger partial charge < -0.3 is 31.9 Å². The Hall–Kier alpha value is -3.37. The number of hydrogen-bond acceptors (Lipinski definition) is 9. The first-order chi connectivity index (χ1) is 14.4. The van der Waals surface area contributed by atoms with E-state index in [9.17, 15) is 34.8 Å².